The first-order valence-corrected chi connectivity index (χ1v) is 12.1. The lowest BCUT2D eigenvalue weighted by Crippen LogP contribution is -2.64. The van der Waals surface area contributed by atoms with Crippen molar-refractivity contribution in [1.29, 1.82) is 0 Å². The van der Waals surface area contributed by atoms with Gasteiger partial charge in [0.1, 0.15) is 13.1 Å². The first-order chi connectivity index (χ1) is 13.3. The van der Waals surface area contributed by atoms with Crippen LogP contribution < -0.4 is 5.11 Å². The fraction of sp³-hybridized carbons (Fsp3) is 0.952. The number of aliphatic hydroxyl groups is 3. The average molecular weight is 515 g/mol. The van der Waals surface area contributed by atoms with E-state index in [1.165, 1.54) is 44.9 Å². The Morgan fingerprint density at radius 2 is 1.36 bits per heavy atom. The summed E-state index contributed by atoms with van der Waals surface area (Å²) in [6.07, 6.45) is 12.6. The molecule has 0 aliphatic carbocycles. The van der Waals surface area contributed by atoms with E-state index in [1.54, 1.807) is 0 Å². The zero-order valence-corrected chi connectivity index (χ0v) is 19.9. The second-order valence-corrected chi connectivity index (χ2v) is 9.62. The molecule has 7 heteroatoms. The van der Waals surface area contributed by atoms with Gasteiger partial charge < -0.3 is 25.2 Å². The Bertz CT molecular complexity index is 387. The van der Waals surface area contributed by atoms with E-state index in [0.717, 1.165) is 12.8 Å². The number of rotatable bonds is 20. The van der Waals surface area contributed by atoms with Crippen molar-refractivity contribution in [3.63, 3.8) is 0 Å². The van der Waals surface area contributed by atoms with Crippen molar-refractivity contribution in [3.05, 3.63) is 0 Å². The molecule has 0 aromatic heterocycles. The van der Waals surface area contributed by atoms with Crippen molar-refractivity contribution < 1.29 is 29.7 Å². The molecule has 0 bridgehead atoms. The van der Waals surface area contributed by atoms with Gasteiger partial charge in [-0.15, -0.1) is 0 Å². The Balaban J connectivity index is 4.49. The second kappa shape index (κ2) is 16.8. The largest absolute Gasteiger partial charge is 0.550 e. The summed E-state index contributed by atoms with van der Waals surface area (Å²) in [6.45, 7) is 3.30. The lowest BCUT2D eigenvalue weighted by Gasteiger charge is -2.47. The van der Waals surface area contributed by atoms with E-state index in [2.05, 4.69) is 29.5 Å². The number of quaternary nitrogens is 1. The molecule has 0 saturated carbocycles. The third-order valence-corrected chi connectivity index (χ3v) is 7.16. The Hall–Kier alpha value is 0.0400. The van der Waals surface area contributed by atoms with Gasteiger partial charge >= 0.3 is 0 Å². The Morgan fingerprint density at radius 1 is 0.857 bits per heavy atom. The number of hydrogen-bond acceptors (Lipinski definition) is 5. The predicted molar refractivity (Wildman–Crippen MR) is 119 cm³/mol. The zero-order valence-electron chi connectivity index (χ0n) is 17.7. The van der Waals surface area contributed by atoms with Crippen LogP contribution in [0.3, 0.4) is 0 Å². The summed E-state index contributed by atoms with van der Waals surface area (Å²) in [7, 11) is 0. The van der Waals surface area contributed by atoms with Gasteiger partial charge in [-0.05, 0) is 25.7 Å². The lowest BCUT2D eigenvalue weighted by atomic mass is 10.0. The van der Waals surface area contributed by atoms with Gasteiger partial charge in [-0.2, -0.15) is 0 Å². The third kappa shape index (κ3) is 11.9. The maximum Gasteiger partial charge on any atom is 0.251 e. The first kappa shape index (κ1) is 28.0. The number of hydrogen-bond donors (Lipinski definition) is 3. The highest BCUT2D eigenvalue weighted by atomic mass is 127. The molecule has 0 aliphatic rings. The van der Waals surface area contributed by atoms with Crippen molar-refractivity contribution in [1.82, 2.24) is 0 Å². The number of alkyl halides is 1. The molecule has 168 valence electrons. The standard InChI is InChI=1S/C21H42INO5/c1-2-3-4-5-6-7-8-9-11-14-21(22,28)23(16-18-24,17-19-25)15-12-10-13-20(26)27/h24-25,28H,2-19H2,1H3. The van der Waals surface area contributed by atoms with Crippen LogP contribution in [-0.4, -0.2) is 62.4 Å². The monoisotopic (exact) mass is 515 g/mol. The van der Waals surface area contributed by atoms with Crippen LogP contribution in [-0.2, 0) is 4.79 Å². The lowest BCUT2D eigenvalue weighted by molar-refractivity contribution is -0.977. The molecular weight excluding hydrogens is 473 g/mol. The molecule has 0 saturated heterocycles. The number of carbonyl (C=O) groups excluding carboxylic acids is 1. The van der Waals surface area contributed by atoms with Gasteiger partial charge in [-0.1, -0.05) is 58.3 Å². The van der Waals surface area contributed by atoms with Crippen LogP contribution in [0.4, 0.5) is 0 Å². The molecule has 0 heterocycles. The highest BCUT2D eigenvalue weighted by molar-refractivity contribution is 14.1. The quantitative estimate of drug-likeness (QED) is 0.0578. The zero-order chi connectivity index (χ0) is 21.3. The van der Waals surface area contributed by atoms with Crippen molar-refractivity contribution in [2.45, 2.75) is 94.1 Å². The minimum atomic E-state index is -1.08. The Labute approximate surface area is 185 Å². The van der Waals surface area contributed by atoms with E-state index in [4.69, 9.17) is 0 Å². The van der Waals surface area contributed by atoms with Crippen LogP contribution in [0.15, 0.2) is 0 Å². The minimum Gasteiger partial charge on any atom is -0.550 e. The van der Waals surface area contributed by atoms with Crippen molar-refractivity contribution in [2.75, 3.05) is 32.8 Å². The van der Waals surface area contributed by atoms with Gasteiger partial charge in [0.05, 0.1) is 19.8 Å². The molecule has 0 amide bonds. The normalized spacial score (nSPS) is 14.2. The van der Waals surface area contributed by atoms with Crippen LogP contribution in [0.2, 0.25) is 0 Å². The second-order valence-electron chi connectivity index (χ2n) is 7.89. The number of aliphatic carboxylic acids is 1. The summed E-state index contributed by atoms with van der Waals surface area (Å²) >= 11 is 2.06. The predicted octanol–water partition coefficient (Wildman–Crippen LogP) is 2.71. The fourth-order valence-electron chi connectivity index (χ4n) is 3.81. The molecule has 0 aliphatic heterocycles. The third-order valence-electron chi connectivity index (χ3n) is 5.60. The SMILES string of the molecule is CCCCCCCCCCCC(O)(I)[N+](CCO)(CCO)CCCCC(=O)[O-]. The van der Waals surface area contributed by atoms with E-state index in [1.807, 2.05) is 0 Å². The van der Waals surface area contributed by atoms with E-state index >= 15 is 0 Å². The summed E-state index contributed by atoms with van der Waals surface area (Å²) in [5.74, 6) is -1.07. The van der Waals surface area contributed by atoms with E-state index in [0.29, 0.717) is 38.9 Å². The van der Waals surface area contributed by atoms with Gasteiger partial charge in [0, 0.05) is 35.0 Å². The van der Waals surface area contributed by atoms with Crippen molar-refractivity contribution in [3.8, 4) is 0 Å². The number of carboxylic acid groups (broad SMARTS) is 1. The van der Waals surface area contributed by atoms with Crippen molar-refractivity contribution >= 4 is 28.6 Å². The van der Waals surface area contributed by atoms with E-state index in [-0.39, 0.29) is 24.1 Å². The fourth-order valence-corrected chi connectivity index (χ4v) is 4.92. The number of nitrogens with zero attached hydrogens (tertiary/aromatic N) is 1. The van der Waals surface area contributed by atoms with Gasteiger partial charge in [-0.25, -0.2) is 0 Å². The Morgan fingerprint density at radius 3 is 1.82 bits per heavy atom. The van der Waals surface area contributed by atoms with Gasteiger partial charge in [0.2, 0.25) is 0 Å². The van der Waals surface area contributed by atoms with Gasteiger partial charge in [-0.3, -0.25) is 4.48 Å². The molecule has 1 unspecified atom stereocenters. The highest BCUT2D eigenvalue weighted by Crippen LogP contribution is 2.35. The topological polar surface area (TPSA) is 101 Å². The molecule has 0 rings (SSSR count). The maximum atomic E-state index is 11.2. The van der Waals surface area contributed by atoms with E-state index in [9.17, 15) is 25.2 Å². The summed E-state index contributed by atoms with van der Waals surface area (Å²) in [6, 6.07) is 0. The summed E-state index contributed by atoms with van der Waals surface area (Å²) in [5, 5.41) is 40.9. The Kier molecular flexibility index (Phi) is 16.8. The van der Waals surface area contributed by atoms with Crippen molar-refractivity contribution in [2.24, 2.45) is 0 Å². The van der Waals surface area contributed by atoms with Crippen LogP contribution in [0.5, 0.6) is 0 Å². The van der Waals surface area contributed by atoms with E-state index < -0.39 is 9.70 Å². The highest BCUT2D eigenvalue weighted by Gasteiger charge is 2.46. The first-order valence-electron chi connectivity index (χ1n) is 11.0. The number of carboxylic acids is 1. The molecule has 28 heavy (non-hydrogen) atoms. The van der Waals surface area contributed by atoms with Crippen LogP contribution >= 0.6 is 22.6 Å². The van der Waals surface area contributed by atoms with Crippen LogP contribution in [0.1, 0.15) is 90.4 Å². The number of carbonyl (C=O) groups is 1. The van der Waals surface area contributed by atoms with Gasteiger partial charge in [0.25, 0.3) is 3.73 Å². The molecule has 1 atom stereocenters. The molecule has 0 aromatic rings. The molecule has 0 aromatic carbocycles. The average Bonchev–Trinajstić information content (AvgIpc) is 2.63. The molecular formula is C21H42INO5. The molecule has 3 N–H and O–H groups in total. The smallest absolute Gasteiger partial charge is 0.251 e. The molecule has 0 fully saturated rings. The van der Waals surface area contributed by atoms with Crippen LogP contribution in [0, 0.1) is 0 Å². The summed E-state index contributed by atoms with van der Waals surface area (Å²) in [4.78, 5) is 10.6. The molecule has 0 radical (unpaired) electrons. The number of aliphatic hydroxyl groups excluding tert-OH is 2. The number of halogens is 1. The summed E-state index contributed by atoms with van der Waals surface area (Å²) in [5.41, 5.74) is 0. The van der Waals surface area contributed by atoms with Crippen LogP contribution in [0.25, 0.3) is 0 Å². The maximum absolute atomic E-state index is 11.2. The number of unbranched alkanes of at least 4 members (excludes halogenated alkanes) is 9. The summed E-state index contributed by atoms with van der Waals surface area (Å²) < 4.78 is -0.879. The van der Waals surface area contributed by atoms with Gasteiger partial charge in [0.15, 0.2) is 0 Å². The molecule has 6 nitrogen and oxygen atoms in total. The molecule has 0 spiro atoms. The minimum absolute atomic E-state index is 0.00379.